The third-order valence-electron chi connectivity index (χ3n) is 3.15. The summed E-state index contributed by atoms with van der Waals surface area (Å²) < 4.78 is 1.38. The Morgan fingerprint density at radius 1 is 1.39 bits per heavy atom. The van der Waals surface area contributed by atoms with Crippen LogP contribution < -0.4 is 17.0 Å². The van der Waals surface area contributed by atoms with Gasteiger partial charge in [0, 0.05) is 19.6 Å². The highest BCUT2D eigenvalue weighted by molar-refractivity contribution is 5.79. The number of nitrogens with zero attached hydrogens (tertiary/aromatic N) is 4. The van der Waals surface area contributed by atoms with Crippen molar-refractivity contribution in [1.29, 1.82) is 0 Å². The van der Waals surface area contributed by atoms with Crippen LogP contribution in [0.3, 0.4) is 0 Å². The van der Waals surface area contributed by atoms with Crippen molar-refractivity contribution in [3.63, 3.8) is 0 Å². The first-order valence-electron chi connectivity index (χ1n) is 6.82. The number of aliphatic carboxylic acids is 1. The maximum absolute atomic E-state index is 12.3. The zero-order valence-electron chi connectivity index (χ0n) is 12.2. The summed E-state index contributed by atoms with van der Waals surface area (Å²) in [5.74, 6) is -1.44. The van der Waals surface area contributed by atoms with Crippen LogP contribution in [0.5, 0.6) is 0 Å². The molecule has 23 heavy (non-hydrogen) atoms. The van der Waals surface area contributed by atoms with Crippen molar-refractivity contribution < 1.29 is 14.7 Å². The summed E-state index contributed by atoms with van der Waals surface area (Å²) in [6.07, 6.45) is 1.13. The molecule has 1 amide bonds. The Kier molecular flexibility index (Phi) is 4.91. The molecule has 0 spiro atoms. The Balaban J connectivity index is 2.21. The molecule has 0 fully saturated rings. The fourth-order valence-electron chi connectivity index (χ4n) is 2.08. The number of imidazole rings is 1. The van der Waals surface area contributed by atoms with Crippen molar-refractivity contribution in [2.45, 2.75) is 13.0 Å². The number of carboxylic acids is 1. The van der Waals surface area contributed by atoms with Gasteiger partial charge in [-0.15, -0.1) is 0 Å². The number of hydrogen-bond acceptors (Lipinski definition) is 7. The molecule has 0 aromatic carbocycles. The molecule has 11 heteroatoms. The van der Waals surface area contributed by atoms with E-state index in [-0.39, 0.29) is 55.6 Å². The number of carboxylic acid groups (broad SMARTS) is 1. The minimum Gasteiger partial charge on any atom is -0.481 e. The SMILES string of the molecule is NCCN(CCC(=O)O)C(=O)Cn1cnc2c(=O)[nH]c(N)nc21. The number of carbonyl (C=O) groups excluding carboxylic acids is 1. The van der Waals surface area contributed by atoms with Crippen LogP contribution in [0.15, 0.2) is 11.1 Å². The molecule has 2 rings (SSSR count). The van der Waals surface area contributed by atoms with Crippen LogP contribution in [0.4, 0.5) is 5.95 Å². The van der Waals surface area contributed by atoms with E-state index in [4.69, 9.17) is 16.6 Å². The van der Waals surface area contributed by atoms with E-state index in [1.165, 1.54) is 15.8 Å². The quantitative estimate of drug-likeness (QED) is 0.451. The summed E-state index contributed by atoms with van der Waals surface area (Å²) >= 11 is 0. The molecule has 0 atom stereocenters. The second-order valence-electron chi connectivity index (χ2n) is 4.81. The lowest BCUT2D eigenvalue weighted by Gasteiger charge is -2.21. The predicted molar refractivity (Wildman–Crippen MR) is 80.4 cm³/mol. The topological polar surface area (TPSA) is 173 Å². The third-order valence-corrected chi connectivity index (χ3v) is 3.15. The van der Waals surface area contributed by atoms with Gasteiger partial charge < -0.3 is 26.0 Å². The molecule has 2 heterocycles. The fourth-order valence-corrected chi connectivity index (χ4v) is 2.08. The Morgan fingerprint density at radius 3 is 2.78 bits per heavy atom. The van der Waals surface area contributed by atoms with Crippen molar-refractivity contribution in [3.8, 4) is 0 Å². The van der Waals surface area contributed by atoms with E-state index in [9.17, 15) is 14.4 Å². The number of aromatic nitrogens is 4. The number of fused-ring (bicyclic) bond motifs is 1. The highest BCUT2D eigenvalue weighted by Gasteiger charge is 2.17. The summed E-state index contributed by atoms with van der Waals surface area (Å²) in [7, 11) is 0. The molecule has 11 nitrogen and oxygen atoms in total. The van der Waals surface area contributed by atoms with Crippen LogP contribution in [0.1, 0.15) is 6.42 Å². The first-order chi connectivity index (χ1) is 10.9. The number of nitrogens with one attached hydrogen (secondary N) is 1. The molecule has 0 aliphatic heterocycles. The number of nitrogens with two attached hydrogens (primary N) is 2. The summed E-state index contributed by atoms with van der Waals surface area (Å²) in [6, 6.07) is 0. The minimum absolute atomic E-state index is 0.0497. The minimum atomic E-state index is -1.01. The lowest BCUT2D eigenvalue weighted by molar-refractivity contribution is -0.138. The summed E-state index contributed by atoms with van der Waals surface area (Å²) in [4.78, 5) is 46.2. The van der Waals surface area contributed by atoms with E-state index >= 15 is 0 Å². The van der Waals surface area contributed by atoms with Crippen LogP contribution in [-0.4, -0.2) is 61.0 Å². The van der Waals surface area contributed by atoms with Gasteiger partial charge >= 0.3 is 5.97 Å². The van der Waals surface area contributed by atoms with Gasteiger partial charge in [-0.1, -0.05) is 0 Å². The molecule has 6 N–H and O–H groups in total. The third kappa shape index (κ3) is 3.83. The van der Waals surface area contributed by atoms with Gasteiger partial charge in [-0.05, 0) is 0 Å². The van der Waals surface area contributed by atoms with Crippen LogP contribution in [0.2, 0.25) is 0 Å². The van der Waals surface area contributed by atoms with Crippen LogP contribution >= 0.6 is 0 Å². The van der Waals surface area contributed by atoms with Gasteiger partial charge in [-0.2, -0.15) is 4.98 Å². The predicted octanol–water partition coefficient (Wildman–Crippen LogP) is -2.04. The van der Waals surface area contributed by atoms with E-state index in [1.807, 2.05) is 0 Å². The van der Waals surface area contributed by atoms with Crippen LogP contribution in [0.25, 0.3) is 11.2 Å². The number of anilines is 1. The van der Waals surface area contributed by atoms with Crippen molar-refractivity contribution >= 4 is 29.0 Å². The van der Waals surface area contributed by atoms with E-state index in [0.717, 1.165) is 0 Å². The van der Waals surface area contributed by atoms with Crippen molar-refractivity contribution in [3.05, 3.63) is 16.7 Å². The standard InChI is InChI=1S/C12H17N7O4/c13-2-4-18(3-1-8(21)22)7(20)5-19-6-15-9-10(19)16-12(14)17-11(9)23/h6H,1-5,13H2,(H,21,22)(H3,14,16,17,23). The lowest BCUT2D eigenvalue weighted by Crippen LogP contribution is -2.38. The molecule has 0 aliphatic carbocycles. The van der Waals surface area contributed by atoms with E-state index < -0.39 is 11.5 Å². The Morgan fingerprint density at radius 2 is 2.13 bits per heavy atom. The Bertz CT molecular complexity index is 781. The number of amides is 1. The van der Waals surface area contributed by atoms with E-state index in [2.05, 4.69) is 15.0 Å². The Labute approximate surface area is 129 Å². The van der Waals surface area contributed by atoms with Gasteiger partial charge in [-0.25, -0.2) is 4.98 Å². The molecule has 0 saturated carbocycles. The molecule has 0 aliphatic rings. The Hall–Kier alpha value is -2.95. The van der Waals surface area contributed by atoms with Crippen molar-refractivity contribution in [2.24, 2.45) is 5.73 Å². The van der Waals surface area contributed by atoms with Gasteiger partial charge in [0.1, 0.15) is 6.54 Å². The molecule has 0 radical (unpaired) electrons. The van der Waals surface area contributed by atoms with Crippen molar-refractivity contribution in [1.82, 2.24) is 24.4 Å². The van der Waals surface area contributed by atoms with Gasteiger partial charge in [-0.3, -0.25) is 19.4 Å². The fraction of sp³-hybridized carbons (Fsp3) is 0.417. The molecular formula is C12H17N7O4. The van der Waals surface area contributed by atoms with Crippen molar-refractivity contribution in [2.75, 3.05) is 25.4 Å². The summed E-state index contributed by atoms with van der Waals surface area (Å²) in [6.45, 7) is 0.343. The number of hydrogen-bond donors (Lipinski definition) is 4. The van der Waals surface area contributed by atoms with E-state index in [0.29, 0.717) is 0 Å². The van der Waals surface area contributed by atoms with Crippen LogP contribution in [0, 0.1) is 0 Å². The molecule has 2 aromatic rings. The molecular weight excluding hydrogens is 306 g/mol. The smallest absolute Gasteiger partial charge is 0.305 e. The summed E-state index contributed by atoms with van der Waals surface area (Å²) in [5.41, 5.74) is 10.7. The molecule has 0 saturated heterocycles. The van der Waals surface area contributed by atoms with Gasteiger partial charge in [0.15, 0.2) is 11.2 Å². The second kappa shape index (κ2) is 6.87. The molecule has 0 bridgehead atoms. The number of aromatic amines is 1. The van der Waals surface area contributed by atoms with Gasteiger partial charge in [0.2, 0.25) is 11.9 Å². The van der Waals surface area contributed by atoms with E-state index in [1.54, 1.807) is 0 Å². The van der Waals surface area contributed by atoms with Gasteiger partial charge in [0.25, 0.3) is 5.56 Å². The first kappa shape index (κ1) is 16.4. The molecule has 124 valence electrons. The maximum atomic E-state index is 12.3. The number of carbonyl (C=O) groups is 2. The normalized spacial score (nSPS) is 10.8. The van der Waals surface area contributed by atoms with Crippen LogP contribution in [-0.2, 0) is 16.1 Å². The maximum Gasteiger partial charge on any atom is 0.305 e. The molecule has 0 unspecified atom stereocenters. The number of rotatable bonds is 7. The average molecular weight is 323 g/mol. The zero-order chi connectivity index (χ0) is 17.0. The largest absolute Gasteiger partial charge is 0.481 e. The molecule has 2 aromatic heterocycles. The second-order valence-corrected chi connectivity index (χ2v) is 4.81. The zero-order valence-corrected chi connectivity index (χ0v) is 12.2. The summed E-state index contributed by atoms with van der Waals surface area (Å²) in [5, 5.41) is 8.72. The monoisotopic (exact) mass is 323 g/mol. The first-order valence-corrected chi connectivity index (χ1v) is 6.82. The average Bonchev–Trinajstić information content (AvgIpc) is 2.86. The highest BCUT2D eigenvalue weighted by Crippen LogP contribution is 2.07. The van der Waals surface area contributed by atoms with Gasteiger partial charge in [0.05, 0.1) is 12.7 Å². The number of H-pyrrole nitrogens is 1. The number of nitrogen functional groups attached to an aromatic ring is 1. The highest BCUT2D eigenvalue weighted by atomic mass is 16.4. The lowest BCUT2D eigenvalue weighted by atomic mass is 10.3.